The van der Waals surface area contributed by atoms with Crippen LogP contribution >= 0.6 is 0 Å². The maximum atomic E-state index is 13.0. The Labute approximate surface area is 195 Å². The van der Waals surface area contributed by atoms with Crippen molar-refractivity contribution in [1.29, 1.82) is 0 Å². The van der Waals surface area contributed by atoms with Crippen LogP contribution in [0.5, 0.6) is 0 Å². The van der Waals surface area contributed by atoms with Gasteiger partial charge < -0.3 is 19.3 Å². The van der Waals surface area contributed by atoms with Crippen LogP contribution in [-0.2, 0) is 25.5 Å². The Morgan fingerprint density at radius 2 is 1.76 bits per heavy atom. The van der Waals surface area contributed by atoms with Crippen LogP contribution < -0.4 is 5.32 Å². The predicted octanol–water partition coefficient (Wildman–Crippen LogP) is 3.95. The number of hydrogen-bond acceptors (Lipinski definition) is 8. The third kappa shape index (κ3) is 7.51. The maximum Gasteiger partial charge on any atom is 0.338 e. The van der Waals surface area contributed by atoms with E-state index in [1.54, 1.807) is 24.3 Å². The number of rotatable bonds is 11. The van der Waals surface area contributed by atoms with Crippen LogP contribution in [0, 0.1) is 5.82 Å². The molecule has 0 radical (unpaired) electrons. The van der Waals surface area contributed by atoms with Crippen molar-refractivity contribution in [3.8, 4) is 11.4 Å². The molecule has 178 valence electrons. The number of nitrogens with one attached hydrogen (secondary N) is 1. The number of nitrogens with zero attached hydrogens (tertiary/aromatic N) is 2. The van der Waals surface area contributed by atoms with Gasteiger partial charge in [0.2, 0.25) is 11.7 Å². The summed E-state index contributed by atoms with van der Waals surface area (Å²) in [4.78, 5) is 40.0. The summed E-state index contributed by atoms with van der Waals surface area (Å²) in [6.07, 6.45) is 1.79. The molecule has 0 aliphatic heterocycles. The Morgan fingerprint density at radius 1 is 1.03 bits per heavy atom. The number of aromatic nitrogens is 2. The van der Waals surface area contributed by atoms with Crippen molar-refractivity contribution in [3.63, 3.8) is 0 Å². The van der Waals surface area contributed by atoms with Crippen molar-refractivity contribution in [2.75, 3.05) is 18.5 Å². The number of carbonyl (C=O) groups is 3. The number of unbranched alkanes of at least 4 members (excludes halogenated alkanes) is 1. The van der Waals surface area contributed by atoms with Crippen LogP contribution in [0.3, 0.4) is 0 Å². The van der Waals surface area contributed by atoms with Gasteiger partial charge in [-0.25, -0.2) is 9.18 Å². The van der Waals surface area contributed by atoms with Crippen molar-refractivity contribution in [2.45, 2.75) is 32.6 Å². The molecule has 1 amide bonds. The van der Waals surface area contributed by atoms with Gasteiger partial charge in [-0.2, -0.15) is 4.98 Å². The van der Waals surface area contributed by atoms with E-state index in [2.05, 4.69) is 15.5 Å². The predicted molar refractivity (Wildman–Crippen MR) is 119 cm³/mol. The fraction of sp³-hybridized carbons (Fsp3) is 0.292. The second-order valence-electron chi connectivity index (χ2n) is 7.29. The van der Waals surface area contributed by atoms with Gasteiger partial charge in [-0.3, -0.25) is 9.59 Å². The average molecular weight is 469 g/mol. The van der Waals surface area contributed by atoms with Gasteiger partial charge in [0.1, 0.15) is 5.82 Å². The Balaban J connectivity index is 1.38. The van der Waals surface area contributed by atoms with E-state index in [-0.39, 0.29) is 30.4 Å². The van der Waals surface area contributed by atoms with Crippen LogP contribution in [0.25, 0.3) is 11.4 Å². The van der Waals surface area contributed by atoms with Gasteiger partial charge in [-0.15, -0.1) is 0 Å². The zero-order valence-corrected chi connectivity index (χ0v) is 18.6. The first kappa shape index (κ1) is 24.6. The molecule has 2 aromatic carbocycles. The first-order chi connectivity index (χ1) is 16.4. The third-order valence-corrected chi connectivity index (χ3v) is 4.61. The largest absolute Gasteiger partial charge is 0.462 e. The van der Waals surface area contributed by atoms with E-state index >= 15 is 0 Å². The van der Waals surface area contributed by atoms with E-state index in [9.17, 15) is 18.8 Å². The molecule has 3 aromatic rings. The highest BCUT2D eigenvalue weighted by atomic mass is 19.1. The Kier molecular flexibility index (Phi) is 8.84. The van der Waals surface area contributed by atoms with Gasteiger partial charge in [-0.05, 0) is 55.0 Å². The van der Waals surface area contributed by atoms with Crippen LogP contribution in [0.2, 0.25) is 0 Å². The van der Waals surface area contributed by atoms with Gasteiger partial charge in [0.25, 0.3) is 5.91 Å². The number of carbonyl (C=O) groups excluding carboxylic acids is 3. The molecule has 1 heterocycles. The molecule has 10 heteroatoms. The lowest BCUT2D eigenvalue weighted by atomic mass is 10.2. The molecular weight excluding hydrogens is 445 g/mol. The molecule has 0 fully saturated rings. The van der Waals surface area contributed by atoms with Crippen LogP contribution in [-0.4, -0.2) is 41.2 Å². The Bertz CT molecular complexity index is 1110. The number of ether oxygens (including phenoxy) is 2. The number of esters is 2. The van der Waals surface area contributed by atoms with E-state index in [4.69, 9.17) is 14.0 Å². The molecule has 0 saturated heterocycles. The van der Waals surface area contributed by atoms with Crippen LogP contribution in [0.4, 0.5) is 10.1 Å². The molecule has 0 aliphatic rings. The molecule has 0 bridgehead atoms. The van der Waals surface area contributed by atoms with Gasteiger partial charge in [-0.1, -0.05) is 18.5 Å². The van der Waals surface area contributed by atoms with E-state index in [0.29, 0.717) is 23.4 Å². The topological polar surface area (TPSA) is 121 Å². The van der Waals surface area contributed by atoms with Crippen molar-refractivity contribution in [3.05, 3.63) is 65.8 Å². The van der Waals surface area contributed by atoms with Gasteiger partial charge >= 0.3 is 11.9 Å². The number of aryl methyl sites for hydroxylation is 1. The standard InChI is InChI=1S/C24H24FN3O6/c1-2-3-14-32-24(31)17-6-10-19(11-7-17)26-20(29)15-33-22(30)13-12-21-27-23(28-34-21)16-4-8-18(25)9-5-16/h4-11H,2-3,12-15H2,1H3,(H,26,29). The van der Waals surface area contributed by atoms with Crippen molar-refractivity contribution in [1.82, 2.24) is 10.1 Å². The molecule has 0 unspecified atom stereocenters. The second-order valence-corrected chi connectivity index (χ2v) is 7.29. The van der Waals surface area contributed by atoms with Crippen molar-refractivity contribution < 1.29 is 32.8 Å². The van der Waals surface area contributed by atoms with E-state index in [1.807, 2.05) is 6.92 Å². The molecule has 0 saturated carbocycles. The second kappa shape index (κ2) is 12.2. The van der Waals surface area contributed by atoms with Gasteiger partial charge in [0.05, 0.1) is 18.6 Å². The summed E-state index contributed by atoms with van der Waals surface area (Å²) in [6.45, 7) is 1.90. The number of amides is 1. The van der Waals surface area contributed by atoms with Crippen molar-refractivity contribution >= 4 is 23.5 Å². The van der Waals surface area contributed by atoms with Crippen molar-refractivity contribution in [2.24, 2.45) is 0 Å². The summed E-state index contributed by atoms with van der Waals surface area (Å²) < 4.78 is 28.2. The normalized spacial score (nSPS) is 10.5. The van der Waals surface area contributed by atoms with Crippen LogP contribution in [0.1, 0.15) is 42.4 Å². The fourth-order valence-electron chi connectivity index (χ4n) is 2.78. The average Bonchev–Trinajstić information content (AvgIpc) is 3.31. The summed E-state index contributed by atoms with van der Waals surface area (Å²) in [6, 6.07) is 11.8. The highest BCUT2D eigenvalue weighted by Crippen LogP contribution is 2.17. The van der Waals surface area contributed by atoms with E-state index in [1.165, 1.54) is 24.3 Å². The molecule has 3 rings (SSSR count). The van der Waals surface area contributed by atoms with E-state index in [0.717, 1.165) is 12.8 Å². The first-order valence-corrected chi connectivity index (χ1v) is 10.8. The number of benzene rings is 2. The Morgan fingerprint density at radius 3 is 2.47 bits per heavy atom. The highest BCUT2D eigenvalue weighted by Gasteiger charge is 2.13. The lowest BCUT2D eigenvalue weighted by molar-refractivity contribution is -0.147. The first-order valence-electron chi connectivity index (χ1n) is 10.8. The summed E-state index contributed by atoms with van der Waals surface area (Å²) >= 11 is 0. The summed E-state index contributed by atoms with van der Waals surface area (Å²) in [7, 11) is 0. The SMILES string of the molecule is CCCCOC(=O)c1ccc(NC(=O)COC(=O)CCc2nc(-c3ccc(F)cc3)no2)cc1. The molecule has 1 N–H and O–H groups in total. The summed E-state index contributed by atoms with van der Waals surface area (Å²) in [5, 5.41) is 6.38. The number of anilines is 1. The minimum Gasteiger partial charge on any atom is -0.462 e. The fourth-order valence-corrected chi connectivity index (χ4v) is 2.78. The minimum atomic E-state index is -0.609. The molecule has 0 spiro atoms. The smallest absolute Gasteiger partial charge is 0.338 e. The van der Waals surface area contributed by atoms with Crippen LogP contribution in [0.15, 0.2) is 53.1 Å². The summed E-state index contributed by atoms with van der Waals surface area (Å²) in [5.41, 5.74) is 1.41. The highest BCUT2D eigenvalue weighted by molar-refractivity contribution is 5.94. The van der Waals surface area contributed by atoms with Gasteiger partial charge in [0.15, 0.2) is 6.61 Å². The zero-order valence-electron chi connectivity index (χ0n) is 18.6. The monoisotopic (exact) mass is 469 g/mol. The third-order valence-electron chi connectivity index (χ3n) is 4.61. The lowest BCUT2D eigenvalue weighted by Crippen LogP contribution is -2.21. The molecular formula is C24H24FN3O6. The molecule has 34 heavy (non-hydrogen) atoms. The summed E-state index contributed by atoms with van der Waals surface area (Å²) in [5.74, 6) is -1.44. The van der Waals surface area contributed by atoms with Gasteiger partial charge in [0, 0.05) is 17.7 Å². The molecule has 1 aromatic heterocycles. The quantitative estimate of drug-likeness (QED) is 0.331. The molecule has 0 aliphatic carbocycles. The molecule has 0 atom stereocenters. The lowest BCUT2D eigenvalue weighted by Gasteiger charge is -2.07. The minimum absolute atomic E-state index is 0.0623. The van der Waals surface area contributed by atoms with E-state index < -0.39 is 24.5 Å². The molecule has 9 nitrogen and oxygen atoms in total. The Hall–Kier alpha value is -4.08. The number of hydrogen-bond donors (Lipinski definition) is 1. The maximum absolute atomic E-state index is 13.0. The number of halogens is 1. The zero-order chi connectivity index (χ0) is 24.3.